The maximum absolute atomic E-state index is 12.4. The average Bonchev–Trinajstić information content (AvgIpc) is 2.79. The van der Waals surface area contributed by atoms with Gasteiger partial charge in [-0.05, 0) is 31.4 Å². The number of benzene rings is 1. The highest BCUT2D eigenvalue weighted by Gasteiger charge is 2.18. The van der Waals surface area contributed by atoms with Crippen molar-refractivity contribution in [3.8, 4) is 5.75 Å². The van der Waals surface area contributed by atoms with Gasteiger partial charge in [0.25, 0.3) is 0 Å². The molecular formula is C19H26N4O3. The van der Waals surface area contributed by atoms with Crippen LogP contribution in [0.2, 0.25) is 0 Å². The summed E-state index contributed by atoms with van der Waals surface area (Å²) < 4.78 is 8.73. The molecule has 2 aromatic rings. The quantitative estimate of drug-likeness (QED) is 0.787. The SMILES string of the molecule is Cc1ccccc1OCCN(C)C(=O)Cn1nc2n(c1=O)CCCCC2. The van der Waals surface area contributed by atoms with Crippen molar-refractivity contribution >= 4 is 5.91 Å². The van der Waals surface area contributed by atoms with E-state index in [0.29, 0.717) is 19.7 Å². The zero-order chi connectivity index (χ0) is 18.5. The molecule has 26 heavy (non-hydrogen) atoms. The number of hydrogen-bond acceptors (Lipinski definition) is 4. The molecule has 1 aliphatic heterocycles. The number of para-hydroxylation sites is 1. The van der Waals surface area contributed by atoms with Crippen molar-refractivity contribution in [2.24, 2.45) is 0 Å². The van der Waals surface area contributed by atoms with E-state index < -0.39 is 0 Å². The Bertz CT molecular complexity index is 824. The van der Waals surface area contributed by atoms with E-state index in [1.54, 1.807) is 16.5 Å². The Balaban J connectivity index is 1.55. The number of nitrogens with zero attached hydrogens (tertiary/aromatic N) is 4. The molecule has 1 amide bonds. The van der Waals surface area contributed by atoms with Crippen LogP contribution in [0.25, 0.3) is 0 Å². The number of carbonyl (C=O) groups is 1. The molecule has 1 aromatic heterocycles. The van der Waals surface area contributed by atoms with Gasteiger partial charge in [-0.2, -0.15) is 5.10 Å². The van der Waals surface area contributed by atoms with E-state index in [-0.39, 0.29) is 18.1 Å². The van der Waals surface area contributed by atoms with Gasteiger partial charge >= 0.3 is 5.69 Å². The third-order valence-corrected chi connectivity index (χ3v) is 4.77. The normalized spacial score (nSPS) is 13.8. The van der Waals surface area contributed by atoms with Crippen molar-refractivity contribution in [3.05, 3.63) is 46.1 Å². The molecule has 7 nitrogen and oxygen atoms in total. The first-order valence-electron chi connectivity index (χ1n) is 9.15. The summed E-state index contributed by atoms with van der Waals surface area (Å²) in [5.74, 6) is 1.47. The molecule has 7 heteroatoms. The summed E-state index contributed by atoms with van der Waals surface area (Å²) in [5, 5.41) is 4.36. The summed E-state index contributed by atoms with van der Waals surface area (Å²) in [5.41, 5.74) is 0.882. The summed E-state index contributed by atoms with van der Waals surface area (Å²) in [6.07, 6.45) is 3.95. The number of rotatable bonds is 6. The van der Waals surface area contributed by atoms with Gasteiger partial charge in [-0.25, -0.2) is 9.48 Å². The van der Waals surface area contributed by atoms with E-state index in [4.69, 9.17) is 4.74 Å². The highest BCUT2D eigenvalue weighted by molar-refractivity contribution is 5.75. The lowest BCUT2D eigenvalue weighted by Crippen LogP contribution is -2.37. The maximum Gasteiger partial charge on any atom is 0.346 e. The van der Waals surface area contributed by atoms with E-state index in [1.807, 2.05) is 31.2 Å². The van der Waals surface area contributed by atoms with Crippen LogP contribution in [-0.2, 0) is 24.3 Å². The Labute approximate surface area is 153 Å². The predicted octanol–water partition coefficient (Wildman–Crippen LogP) is 1.62. The van der Waals surface area contributed by atoms with Crippen molar-refractivity contribution < 1.29 is 9.53 Å². The number of amides is 1. The van der Waals surface area contributed by atoms with Gasteiger partial charge < -0.3 is 9.64 Å². The van der Waals surface area contributed by atoms with Crippen molar-refractivity contribution in [1.82, 2.24) is 19.2 Å². The minimum atomic E-state index is -0.181. The molecule has 0 saturated heterocycles. The average molecular weight is 358 g/mol. The van der Waals surface area contributed by atoms with Crippen molar-refractivity contribution in [1.29, 1.82) is 0 Å². The fourth-order valence-electron chi connectivity index (χ4n) is 3.11. The second-order valence-corrected chi connectivity index (χ2v) is 6.75. The van der Waals surface area contributed by atoms with Gasteiger partial charge in [-0.15, -0.1) is 0 Å². The first kappa shape index (κ1) is 18.2. The van der Waals surface area contributed by atoms with Crippen LogP contribution >= 0.6 is 0 Å². The van der Waals surface area contributed by atoms with Crippen LogP contribution in [0, 0.1) is 6.92 Å². The minimum absolute atomic E-state index is 0.0281. The number of likely N-dealkylation sites (N-methyl/N-ethyl adjacent to an activating group) is 1. The largest absolute Gasteiger partial charge is 0.491 e. The lowest BCUT2D eigenvalue weighted by atomic mass is 10.2. The summed E-state index contributed by atoms with van der Waals surface area (Å²) in [7, 11) is 1.72. The van der Waals surface area contributed by atoms with Crippen molar-refractivity contribution in [3.63, 3.8) is 0 Å². The van der Waals surface area contributed by atoms with Gasteiger partial charge in [0.05, 0.1) is 6.54 Å². The molecule has 1 aliphatic rings. The highest BCUT2D eigenvalue weighted by atomic mass is 16.5. The van der Waals surface area contributed by atoms with Crippen LogP contribution in [0.1, 0.15) is 30.7 Å². The molecule has 0 spiro atoms. The standard InChI is InChI=1S/C19H26N4O3/c1-15-8-5-6-9-16(15)26-13-12-21(2)18(24)14-23-19(25)22-11-7-3-4-10-17(22)20-23/h5-6,8-9H,3-4,7,10-14H2,1-2H3. The zero-order valence-electron chi connectivity index (χ0n) is 15.5. The van der Waals surface area contributed by atoms with Gasteiger partial charge in [0.2, 0.25) is 5.91 Å². The Morgan fingerprint density at radius 2 is 2.08 bits per heavy atom. The number of hydrogen-bond donors (Lipinski definition) is 0. The summed E-state index contributed by atoms with van der Waals surface area (Å²) in [4.78, 5) is 26.4. The Kier molecular flexibility index (Phi) is 5.75. The zero-order valence-corrected chi connectivity index (χ0v) is 15.5. The molecule has 0 bridgehead atoms. The fraction of sp³-hybridized carbons (Fsp3) is 0.526. The van der Waals surface area contributed by atoms with E-state index >= 15 is 0 Å². The van der Waals surface area contributed by atoms with E-state index in [9.17, 15) is 9.59 Å². The number of aryl methyl sites for hydroxylation is 2. The Morgan fingerprint density at radius 3 is 2.88 bits per heavy atom. The summed E-state index contributed by atoms with van der Waals surface area (Å²) in [6, 6.07) is 7.78. The molecule has 0 aliphatic carbocycles. The molecule has 0 saturated carbocycles. The monoisotopic (exact) mass is 358 g/mol. The van der Waals surface area contributed by atoms with Crippen LogP contribution in [-0.4, -0.2) is 45.4 Å². The third kappa shape index (κ3) is 4.15. The van der Waals surface area contributed by atoms with E-state index in [0.717, 1.165) is 42.8 Å². The van der Waals surface area contributed by atoms with Gasteiger partial charge in [0.15, 0.2) is 0 Å². The van der Waals surface area contributed by atoms with Crippen LogP contribution < -0.4 is 10.4 Å². The number of fused-ring (bicyclic) bond motifs is 1. The van der Waals surface area contributed by atoms with Crippen molar-refractivity contribution in [2.45, 2.75) is 45.7 Å². The van der Waals surface area contributed by atoms with E-state index in [1.165, 1.54) is 4.68 Å². The van der Waals surface area contributed by atoms with Crippen LogP contribution in [0.15, 0.2) is 29.1 Å². The van der Waals surface area contributed by atoms with Crippen molar-refractivity contribution in [2.75, 3.05) is 20.2 Å². The highest BCUT2D eigenvalue weighted by Crippen LogP contribution is 2.15. The predicted molar refractivity (Wildman–Crippen MR) is 98.4 cm³/mol. The molecule has 140 valence electrons. The number of ether oxygens (including phenoxy) is 1. The smallest absolute Gasteiger partial charge is 0.346 e. The molecule has 0 fully saturated rings. The molecule has 2 heterocycles. The number of aromatic nitrogens is 3. The Morgan fingerprint density at radius 1 is 1.27 bits per heavy atom. The molecule has 0 N–H and O–H groups in total. The second-order valence-electron chi connectivity index (χ2n) is 6.75. The molecule has 0 radical (unpaired) electrons. The third-order valence-electron chi connectivity index (χ3n) is 4.77. The molecule has 0 unspecified atom stereocenters. The molecular weight excluding hydrogens is 332 g/mol. The summed E-state index contributed by atoms with van der Waals surface area (Å²) >= 11 is 0. The Hall–Kier alpha value is -2.57. The van der Waals surface area contributed by atoms with Gasteiger partial charge in [0, 0.05) is 20.0 Å². The van der Waals surface area contributed by atoms with Gasteiger partial charge in [-0.1, -0.05) is 24.6 Å². The van der Waals surface area contributed by atoms with Crippen LogP contribution in [0.5, 0.6) is 5.75 Å². The summed E-state index contributed by atoms with van der Waals surface area (Å²) in [6.45, 7) is 3.51. The fourth-order valence-corrected chi connectivity index (χ4v) is 3.11. The lowest BCUT2D eigenvalue weighted by molar-refractivity contribution is -0.131. The minimum Gasteiger partial charge on any atom is -0.491 e. The first-order valence-corrected chi connectivity index (χ1v) is 9.15. The van der Waals surface area contributed by atoms with Gasteiger partial charge in [0.1, 0.15) is 24.7 Å². The molecule has 3 rings (SSSR count). The van der Waals surface area contributed by atoms with Crippen LogP contribution in [0.4, 0.5) is 0 Å². The second kappa shape index (κ2) is 8.21. The van der Waals surface area contributed by atoms with Crippen LogP contribution in [0.3, 0.4) is 0 Å². The van der Waals surface area contributed by atoms with E-state index in [2.05, 4.69) is 5.10 Å². The van der Waals surface area contributed by atoms with Gasteiger partial charge in [-0.3, -0.25) is 9.36 Å². The molecule has 0 atom stereocenters. The topological polar surface area (TPSA) is 69.4 Å². The molecule has 1 aromatic carbocycles. The first-order chi connectivity index (χ1) is 12.6. The maximum atomic E-state index is 12.4. The lowest BCUT2D eigenvalue weighted by Gasteiger charge is -2.17. The number of carbonyl (C=O) groups excluding carboxylic acids is 1.